The molecule has 3 rings (SSSR count). The van der Waals surface area contributed by atoms with E-state index in [1.54, 1.807) is 13.0 Å². The number of benzene rings is 2. The topological polar surface area (TPSA) is 108 Å². The molecule has 0 aliphatic carbocycles. The Kier molecular flexibility index (Phi) is 4.89. The molecule has 7 nitrogen and oxygen atoms in total. The van der Waals surface area contributed by atoms with E-state index < -0.39 is 0 Å². The number of para-hydroxylation sites is 1. The number of hydrogen-bond acceptors (Lipinski definition) is 6. The lowest BCUT2D eigenvalue weighted by Gasteiger charge is -2.08. The first kappa shape index (κ1) is 17.1. The highest BCUT2D eigenvalue weighted by Gasteiger charge is 2.22. The summed E-state index contributed by atoms with van der Waals surface area (Å²) in [5.74, 6) is 0.475. The largest absolute Gasteiger partial charge is 0.417 e. The summed E-state index contributed by atoms with van der Waals surface area (Å²) in [7, 11) is 0. The Labute approximate surface area is 151 Å². The number of anilines is 1. The molecule has 2 aromatic rings. The van der Waals surface area contributed by atoms with Crippen molar-refractivity contribution in [2.24, 2.45) is 15.1 Å². The van der Waals surface area contributed by atoms with Gasteiger partial charge in [0.1, 0.15) is 0 Å². The molecule has 7 heteroatoms. The van der Waals surface area contributed by atoms with Crippen LogP contribution in [0.25, 0.3) is 0 Å². The van der Waals surface area contributed by atoms with Gasteiger partial charge in [0, 0.05) is 22.5 Å². The van der Waals surface area contributed by atoms with Crippen LogP contribution in [0.1, 0.15) is 18.1 Å². The number of aliphatic imine (C=N–C) groups is 2. The van der Waals surface area contributed by atoms with E-state index in [0.29, 0.717) is 17.3 Å². The van der Waals surface area contributed by atoms with Gasteiger partial charge in [-0.15, -0.1) is 5.10 Å². The molecular formula is C19H18N6O. The van der Waals surface area contributed by atoms with Gasteiger partial charge in [-0.2, -0.15) is 0 Å². The van der Waals surface area contributed by atoms with Gasteiger partial charge in [-0.1, -0.05) is 36.4 Å². The third-order valence-corrected chi connectivity index (χ3v) is 3.71. The van der Waals surface area contributed by atoms with Crippen LogP contribution < -0.4 is 11.2 Å². The van der Waals surface area contributed by atoms with Crippen LogP contribution in [-0.2, 0) is 4.74 Å². The molecule has 1 aliphatic heterocycles. The maximum atomic E-state index is 8.04. The van der Waals surface area contributed by atoms with Crippen molar-refractivity contribution < 1.29 is 4.74 Å². The van der Waals surface area contributed by atoms with E-state index in [-0.39, 0.29) is 17.4 Å². The van der Waals surface area contributed by atoms with E-state index in [0.717, 1.165) is 11.1 Å². The molecule has 130 valence electrons. The van der Waals surface area contributed by atoms with Crippen molar-refractivity contribution in [3.8, 4) is 0 Å². The molecule has 2 aromatic carbocycles. The van der Waals surface area contributed by atoms with E-state index in [2.05, 4.69) is 27.2 Å². The van der Waals surface area contributed by atoms with Crippen molar-refractivity contribution in [1.29, 1.82) is 5.41 Å². The number of amidine groups is 1. The first-order valence-electron chi connectivity index (χ1n) is 7.87. The quantitative estimate of drug-likeness (QED) is 0.450. The minimum Gasteiger partial charge on any atom is -0.417 e. The van der Waals surface area contributed by atoms with E-state index in [1.165, 1.54) is 0 Å². The lowest BCUT2D eigenvalue weighted by molar-refractivity contribution is 0.412. The van der Waals surface area contributed by atoms with Crippen LogP contribution in [0.2, 0.25) is 0 Å². The maximum Gasteiger partial charge on any atom is 0.245 e. The first-order chi connectivity index (χ1) is 12.6. The van der Waals surface area contributed by atoms with Gasteiger partial charge in [0.25, 0.3) is 0 Å². The predicted octanol–water partition coefficient (Wildman–Crippen LogP) is 2.91. The number of nitrogens with two attached hydrogens (primary N) is 1. The second-order valence-corrected chi connectivity index (χ2v) is 5.47. The van der Waals surface area contributed by atoms with Crippen LogP contribution in [0.4, 0.5) is 5.69 Å². The Morgan fingerprint density at radius 1 is 1.15 bits per heavy atom. The van der Waals surface area contributed by atoms with E-state index >= 15 is 0 Å². The highest BCUT2D eigenvalue weighted by molar-refractivity contribution is 6.08. The van der Waals surface area contributed by atoms with Crippen molar-refractivity contribution in [3.63, 3.8) is 0 Å². The van der Waals surface area contributed by atoms with Crippen LogP contribution in [0.5, 0.6) is 0 Å². The van der Waals surface area contributed by atoms with Crippen molar-refractivity contribution in [1.82, 2.24) is 5.43 Å². The highest BCUT2D eigenvalue weighted by atomic mass is 16.5. The summed E-state index contributed by atoms with van der Waals surface area (Å²) in [6.45, 7) is 5.21. The predicted molar refractivity (Wildman–Crippen MR) is 105 cm³/mol. The summed E-state index contributed by atoms with van der Waals surface area (Å²) < 4.78 is 5.75. The molecule has 0 saturated carbocycles. The molecule has 1 heterocycles. The normalized spacial score (nSPS) is 15.6. The van der Waals surface area contributed by atoms with Crippen molar-refractivity contribution in [2.75, 3.05) is 5.73 Å². The minimum atomic E-state index is -0.133. The van der Waals surface area contributed by atoms with Gasteiger partial charge >= 0.3 is 0 Å². The number of hydrogen-bond donors (Lipinski definition) is 3. The van der Waals surface area contributed by atoms with Gasteiger partial charge in [-0.05, 0) is 31.8 Å². The minimum absolute atomic E-state index is 0.133. The average Bonchev–Trinajstić information content (AvgIpc) is 3.16. The van der Waals surface area contributed by atoms with E-state index in [4.69, 9.17) is 15.9 Å². The van der Waals surface area contributed by atoms with Gasteiger partial charge in [-0.25, -0.2) is 15.4 Å². The maximum absolute atomic E-state index is 8.04. The first-order valence-corrected chi connectivity index (χ1v) is 7.87. The Balaban J connectivity index is 1.96. The number of nitrogen functional groups attached to an aromatic ring is 1. The molecule has 0 amide bonds. The fourth-order valence-electron chi connectivity index (χ4n) is 2.39. The lowest BCUT2D eigenvalue weighted by Crippen LogP contribution is -2.12. The zero-order valence-corrected chi connectivity index (χ0v) is 14.2. The summed E-state index contributed by atoms with van der Waals surface area (Å²) in [5.41, 5.74) is 11.8. The fraction of sp³-hybridized carbons (Fsp3) is 0.0526. The van der Waals surface area contributed by atoms with Gasteiger partial charge in [0.05, 0.1) is 0 Å². The molecule has 26 heavy (non-hydrogen) atoms. The molecule has 0 radical (unpaired) electrons. The fourth-order valence-corrected chi connectivity index (χ4v) is 2.39. The number of nitrogens with one attached hydrogen (secondary N) is 2. The third kappa shape index (κ3) is 3.51. The second kappa shape index (κ2) is 7.43. The van der Waals surface area contributed by atoms with Crippen LogP contribution in [0.3, 0.4) is 0 Å². The molecule has 4 N–H and O–H groups in total. The monoisotopic (exact) mass is 346 g/mol. The molecule has 0 bridgehead atoms. The third-order valence-electron chi connectivity index (χ3n) is 3.71. The highest BCUT2D eigenvalue weighted by Crippen LogP contribution is 2.19. The molecule has 0 unspecified atom stereocenters. The summed E-state index contributed by atoms with van der Waals surface area (Å²) in [6.07, 6.45) is 0. The Bertz CT molecular complexity index is 944. The molecule has 0 aromatic heterocycles. The molecule has 1 aliphatic rings. The van der Waals surface area contributed by atoms with Crippen LogP contribution in [0, 0.1) is 5.41 Å². The zero-order valence-electron chi connectivity index (χ0n) is 14.2. The SMILES string of the molecule is C=NC(=N)C(N=C(C)c1ccccc1N)=C1NN=C(c2ccccc2)O1. The van der Waals surface area contributed by atoms with Gasteiger partial charge < -0.3 is 10.5 Å². The van der Waals surface area contributed by atoms with Gasteiger partial charge in [0.15, 0.2) is 11.5 Å². The van der Waals surface area contributed by atoms with Crippen LogP contribution >= 0.6 is 0 Å². The molecule has 0 fully saturated rings. The molecule has 0 atom stereocenters. The Morgan fingerprint density at radius 3 is 2.54 bits per heavy atom. The van der Waals surface area contributed by atoms with Crippen molar-refractivity contribution in [3.05, 3.63) is 77.3 Å². The lowest BCUT2D eigenvalue weighted by atomic mass is 10.1. The van der Waals surface area contributed by atoms with Crippen molar-refractivity contribution in [2.45, 2.75) is 6.92 Å². The van der Waals surface area contributed by atoms with Crippen LogP contribution in [0.15, 0.2) is 81.3 Å². The van der Waals surface area contributed by atoms with Crippen LogP contribution in [-0.4, -0.2) is 24.2 Å². The number of hydrazone groups is 1. The smallest absolute Gasteiger partial charge is 0.245 e. The summed E-state index contributed by atoms with van der Waals surface area (Å²) in [4.78, 5) is 8.15. The van der Waals surface area contributed by atoms with Gasteiger partial charge in [-0.3, -0.25) is 5.41 Å². The summed E-state index contributed by atoms with van der Waals surface area (Å²) >= 11 is 0. The molecular weight excluding hydrogens is 328 g/mol. The molecule has 0 spiro atoms. The van der Waals surface area contributed by atoms with Crippen molar-refractivity contribution >= 4 is 29.8 Å². The van der Waals surface area contributed by atoms with E-state index in [1.807, 2.05) is 48.5 Å². The Morgan fingerprint density at radius 2 is 1.85 bits per heavy atom. The Hall–Kier alpha value is -3.74. The second-order valence-electron chi connectivity index (χ2n) is 5.47. The van der Waals surface area contributed by atoms with Gasteiger partial charge in [0.2, 0.25) is 11.8 Å². The number of ether oxygens (including phenoxy) is 1. The van der Waals surface area contributed by atoms with E-state index in [9.17, 15) is 0 Å². The standard InChI is InChI=1S/C19H18N6O/c1-12(14-10-6-7-11-15(14)20)23-16(17(21)22-2)19-25-24-18(26-19)13-8-4-3-5-9-13/h3-11,21,25H,2,20H2,1H3. The zero-order chi connectivity index (χ0) is 18.5. The summed E-state index contributed by atoms with van der Waals surface area (Å²) in [6, 6.07) is 16.8. The number of rotatable bonds is 4. The molecule has 0 saturated heterocycles. The number of nitrogens with zero attached hydrogens (tertiary/aromatic N) is 3. The average molecular weight is 346 g/mol. The summed E-state index contributed by atoms with van der Waals surface area (Å²) in [5, 5.41) is 12.2.